The monoisotopic (exact) mass is 353 g/mol. The molecule has 0 aliphatic rings. The van der Waals surface area contributed by atoms with Gasteiger partial charge in [-0.1, -0.05) is 5.16 Å². The van der Waals surface area contributed by atoms with Gasteiger partial charge in [0.1, 0.15) is 18.1 Å². The number of aromatic nitrogens is 3. The van der Waals surface area contributed by atoms with Gasteiger partial charge in [0.25, 0.3) is 5.56 Å². The van der Waals surface area contributed by atoms with E-state index >= 15 is 0 Å². The molecular weight excluding hydrogens is 346 g/mol. The summed E-state index contributed by atoms with van der Waals surface area (Å²) in [5.74, 6) is -0.576. The van der Waals surface area contributed by atoms with E-state index in [1.54, 1.807) is 12.1 Å². The zero-order valence-electron chi connectivity index (χ0n) is 10.7. The van der Waals surface area contributed by atoms with Crippen LogP contribution in [0.3, 0.4) is 0 Å². The molecule has 1 N–H and O–H groups in total. The van der Waals surface area contributed by atoms with Crippen molar-refractivity contribution in [2.45, 2.75) is 13.5 Å². The van der Waals surface area contributed by atoms with Crippen LogP contribution < -0.4 is 5.56 Å². The summed E-state index contributed by atoms with van der Waals surface area (Å²) in [4.78, 5) is 23.6. The van der Waals surface area contributed by atoms with Crippen LogP contribution in [0.25, 0.3) is 10.9 Å². The third-order valence-corrected chi connectivity index (χ3v) is 3.32. The second kappa shape index (κ2) is 4.85. The zero-order chi connectivity index (χ0) is 15.1. The SMILES string of the molecule is Cc1onc2c(=O)n(Cc3ccc(Br)o3)nc(C(=O)O)c12. The van der Waals surface area contributed by atoms with Gasteiger partial charge >= 0.3 is 5.97 Å². The molecule has 3 aromatic rings. The molecule has 3 aromatic heterocycles. The first-order valence-electron chi connectivity index (χ1n) is 5.82. The molecule has 108 valence electrons. The van der Waals surface area contributed by atoms with Crippen LogP contribution in [0.4, 0.5) is 0 Å². The van der Waals surface area contributed by atoms with Crippen LogP contribution in [-0.4, -0.2) is 26.0 Å². The number of rotatable bonds is 3. The summed E-state index contributed by atoms with van der Waals surface area (Å²) in [6, 6.07) is 3.31. The Morgan fingerprint density at radius 3 is 2.86 bits per heavy atom. The third kappa shape index (κ3) is 2.25. The van der Waals surface area contributed by atoms with E-state index in [-0.39, 0.29) is 28.9 Å². The minimum atomic E-state index is -1.26. The molecule has 0 aliphatic carbocycles. The van der Waals surface area contributed by atoms with E-state index < -0.39 is 11.5 Å². The number of aromatic carboxylic acids is 1. The number of fused-ring (bicyclic) bond motifs is 1. The number of carbonyl (C=O) groups is 1. The molecule has 0 unspecified atom stereocenters. The van der Waals surface area contributed by atoms with Crippen LogP contribution in [-0.2, 0) is 6.54 Å². The van der Waals surface area contributed by atoms with Crippen LogP contribution in [0.2, 0.25) is 0 Å². The van der Waals surface area contributed by atoms with Crippen molar-refractivity contribution in [1.29, 1.82) is 0 Å². The summed E-state index contributed by atoms with van der Waals surface area (Å²) in [5, 5.41) is 16.8. The van der Waals surface area contributed by atoms with Crippen molar-refractivity contribution in [2.24, 2.45) is 0 Å². The fourth-order valence-electron chi connectivity index (χ4n) is 1.98. The molecule has 0 bridgehead atoms. The van der Waals surface area contributed by atoms with Crippen LogP contribution in [0.5, 0.6) is 0 Å². The van der Waals surface area contributed by atoms with E-state index in [2.05, 4.69) is 26.2 Å². The number of aryl methyl sites for hydroxylation is 1. The Hall–Kier alpha value is -2.42. The van der Waals surface area contributed by atoms with Gasteiger partial charge in [-0.25, -0.2) is 9.48 Å². The summed E-state index contributed by atoms with van der Waals surface area (Å²) >= 11 is 3.15. The molecule has 21 heavy (non-hydrogen) atoms. The summed E-state index contributed by atoms with van der Waals surface area (Å²) in [6.07, 6.45) is 0. The van der Waals surface area contributed by atoms with Gasteiger partial charge in [-0.2, -0.15) is 5.10 Å². The second-order valence-electron chi connectivity index (χ2n) is 4.28. The molecule has 0 radical (unpaired) electrons. The Labute approximate surface area is 125 Å². The first-order valence-corrected chi connectivity index (χ1v) is 6.61. The van der Waals surface area contributed by atoms with Crippen LogP contribution >= 0.6 is 15.9 Å². The lowest BCUT2D eigenvalue weighted by molar-refractivity contribution is 0.0689. The van der Waals surface area contributed by atoms with Gasteiger partial charge in [0.2, 0.25) is 0 Å². The minimum absolute atomic E-state index is 0.00738. The predicted molar refractivity (Wildman–Crippen MR) is 73.3 cm³/mol. The summed E-state index contributed by atoms with van der Waals surface area (Å²) in [7, 11) is 0. The lowest BCUT2D eigenvalue weighted by atomic mass is 10.2. The number of nitrogens with zero attached hydrogens (tertiary/aromatic N) is 3. The summed E-state index contributed by atoms with van der Waals surface area (Å²) < 4.78 is 11.7. The van der Waals surface area contributed by atoms with Crippen molar-refractivity contribution in [3.63, 3.8) is 0 Å². The van der Waals surface area contributed by atoms with E-state index in [4.69, 9.17) is 8.94 Å². The van der Waals surface area contributed by atoms with Crippen molar-refractivity contribution in [2.75, 3.05) is 0 Å². The van der Waals surface area contributed by atoms with E-state index in [1.165, 1.54) is 6.92 Å². The van der Waals surface area contributed by atoms with E-state index in [1.807, 2.05) is 0 Å². The quantitative estimate of drug-likeness (QED) is 0.763. The maximum Gasteiger partial charge on any atom is 0.357 e. The van der Waals surface area contributed by atoms with Gasteiger partial charge < -0.3 is 14.0 Å². The molecule has 3 heterocycles. The van der Waals surface area contributed by atoms with E-state index in [0.717, 1.165) is 4.68 Å². The molecule has 0 fully saturated rings. The Bertz CT molecular complexity index is 907. The Morgan fingerprint density at radius 1 is 1.48 bits per heavy atom. The predicted octanol–water partition coefficient (Wildman–Crippen LogP) is 1.79. The number of halogens is 1. The van der Waals surface area contributed by atoms with Gasteiger partial charge in [-0.15, -0.1) is 0 Å². The van der Waals surface area contributed by atoms with Gasteiger partial charge in [0.15, 0.2) is 15.9 Å². The van der Waals surface area contributed by atoms with Crippen molar-refractivity contribution in [3.8, 4) is 0 Å². The van der Waals surface area contributed by atoms with E-state index in [9.17, 15) is 14.7 Å². The Kier molecular flexibility index (Phi) is 3.13. The molecule has 3 rings (SSSR count). The second-order valence-corrected chi connectivity index (χ2v) is 5.07. The molecule has 0 amide bonds. The normalized spacial score (nSPS) is 11.1. The molecular formula is C12H8BrN3O5. The topological polar surface area (TPSA) is 111 Å². The van der Waals surface area contributed by atoms with Gasteiger partial charge in [-0.05, 0) is 35.0 Å². The van der Waals surface area contributed by atoms with Crippen molar-refractivity contribution < 1.29 is 18.8 Å². The highest BCUT2D eigenvalue weighted by Gasteiger charge is 2.22. The number of carboxylic acid groups (broad SMARTS) is 1. The highest BCUT2D eigenvalue weighted by Crippen LogP contribution is 2.19. The zero-order valence-corrected chi connectivity index (χ0v) is 12.2. The van der Waals surface area contributed by atoms with Crippen molar-refractivity contribution in [3.05, 3.63) is 44.4 Å². The van der Waals surface area contributed by atoms with Crippen LogP contribution in [0.1, 0.15) is 22.0 Å². The molecule has 0 atom stereocenters. The van der Waals surface area contributed by atoms with Crippen molar-refractivity contribution >= 4 is 32.8 Å². The van der Waals surface area contributed by atoms with Crippen LogP contribution in [0, 0.1) is 6.92 Å². The average Bonchev–Trinajstić information content (AvgIpc) is 3.00. The lowest BCUT2D eigenvalue weighted by Gasteiger charge is -2.04. The highest BCUT2D eigenvalue weighted by molar-refractivity contribution is 9.10. The van der Waals surface area contributed by atoms with Gasteiger partial charge in [0, 0.05) is 0 Å². The fraction of sp³-hybridized carbons (Fsp3) is 0.167. The number of furan rings is 1. The summed E-state index contributed by atoms with van der Waals surface area (Å²) in [5.41, 5.74) is -0.890. The number of hydrogen-bond acceptors (Lipinski definition) is 6. The fourth-order valence-corrected chi connectivity index (χ4v) is 2.32. The molecule has 0 aliphatic heterocycles. The van der Waals surface area contributed by atoms with Gasteiger partial charge in [-0.3, -0.25) is 4.79 Å². The smallest absolute Gasteiger partial charge is 0.357 e. The molecule has 0 saturated heterocycles. The van der Waals surface area contributed by atoms with E-state index in [0.29, 0.717) is 10.4 Å². The molecule has 0 saturated carbocycles. The third-order valence-electron chi connectivity index (χ3n) is 2.89. The lowest BCUT2D eigenvalue weighted by Crippen LogP contribution is -2.26. The number of hydrogen-bond donors (Lipinski definition) is 1. The highest BCUT2D eigenvalue weighted by atomic mass is 79.9. The molecule has 0 aromatic carbocycles. The Morgan fingerprint density at radius 2 is 2.24 bits per heavy atom. The maximum absolute atomic E-state index is 12.3. The first kappa shape index (κ1) is 13.6. The number of carboxylic acids is 1. The molecule has 8 nitrogen and oxygen atoms in total. The average molecular weight is 354 g/mol. The van der Waals surface area contributed by atoms with Crippen molar-refractivity contribution in [1.82, 2.24) is 14.9 Å². The summed E-state index contributed by atoms with van der Waals surface area (Å²) in [6.45, 7) is 1.52. The minimum Gasteiger partial charge on any atom is -0.476 e. The molecule has 9 heteroatoms. The first-order chi connectivity index (χ1) is 9.97. The van der Waals surface area contributed by atoms with Gasteiger partial charge in [0.05, 0.1) is 5.39 Å². The molecule has 0 spiro atoms. The largest absolute Gasteiger partial charge is 0.476 e. The van der Waals surface area contributed by atoms with Crippen LogP contribution in [0.15, 0.2) is 30.5 Å². The standard InChI is InChI=1S/C12H8BrN3O5/c1-5-8-9(15-21-5)11(17)16(14-10(8)12(18)19)4-6-2-3-7(13)20-6/h2-3H,4H2,1H3,(H,18,19). The Balaban J connectivity index is 2.21. The maximum atomic E-state index is 12.3.